The van der Waals surface area contributed by atoms with Crippen LogP contribution in [0.3, 0.4) is 0 Å². The number of rotatable bonds is 12. The molecule has 0 fully saturated rings. The molecule has 0 atom stereocenters. The summed E-state index contributed by atoms with van der Waals surface area (Å²) < 4.78 is 18.9. The number of ether oxygens (including phenoxy) is 1. The lowest BCUT2D eigenvalue weighted by atomic mass is 10.1. The summed E-state index contributed by atoms with van der Waals surface area (Å²) in [5.41, 5.74) is 2.13. The van der Waals surface area contributed by atoms with Crippen molar-refractivity contribution in [1.82, 2.24) is 5.32 Å². The summed E-state index contributed by atoms with van der Waals surface area (Å²) >= 11 is 0. The maximum Gasteiger partial charge on any atom is 0.124 e. The van der Waals surface area contributed by atoms with Gasteiger partial charge in [-0.05, 0) is 36.7 Å². The second kappa shape index (κ2) is 13.6. The predicted octanol–water partition coefficient (Wildman–Crippen LogP) is 6.28. The minimum absolute atomic E-state index is 0. The maximum atomic E-state index is 13.0. The average molecular weight is 380 g/mol. The second-order valence-corrected chi connectivity index (χ2v) is 6.47. The van der Waals surface area contributed by atoms with Crippen LogP contribution in [0.25, 0.3) is 0 Å². The van der Waals surface area contributed by atoms with Gasteiger partial charge in [-0.1, -0.05) is 69.4 Å². The van der Waals surface area contributed by atoms with E-state index in [1.165, 1.54) is 50.7 Å². The van der Waals surface area contributed by atoms with Crippen molar-refractivity contribution in [2.45, 2.75) is 58.6 Å². The molecule has 0 heterocycles. The molecule has 2 aromatic rings. The largest absolute Gasteiger partial charge is 0.489 e. The first-order valence-electron chi connectivity index (χ1n) is 9.45. The number of nitrogens with one attached hydrogen (secondary N) is 1. The van der Waals surface area contributed by atoms with E-state index in [0.717, 1.165) is 30.0 Å². The summed E-state index contributed by atoms with van der Waals surface area (Å²) in [5, 5.41) is 3.51. The molecular weight excluding hydrogens is 349 g/mol. The smallest absolute Gasteiger partial charge is 0.124 e. The van der Waals surface area contributed by atoms with Crippen LogP contribution in [0.2, 0.25) is 0 Å². The Hall–Kier alpha value is -1.58. The molecular formula is C22H31ClFNO. The van der Waals surface area contributed by atoms with Crippen LogP contribution in [-0.2, 0) is 13.2 Å². The lowest BCUT2D eigenvalue weighted by Crippen LogP contribution is -2.15. The van der Waals surface area contributed by atoms with Gasteiger partial charge in [0.15, 0.2) is 0 Å². The van der Waals surface area contributed by atoms with E-state index in [4.69, 9.17) is 4.74 Å². The van der Waals surface area contributed by atoms with Crippen molar-refractivity contribution in [3.8, 4) is 5.75 Å². The van der Waals surface area contributed by atoms with Gasteiger partial charge in [-0.15, -0.1) is 12.4 Å². The van der Waals surface area contributed by atoms with Crippen LogP contribution in [0.4, 0.5) is 4.39 Å². The van der Waals surface area contributed by atoms with Gasteiger partial charge in [-0.3, -0.25) is 0 Å². The summed E-state index contributed by atoms with van der Waals surface area (Å²) in [6.07, 6.45) is 7.88. The fourth-order valence-electron chi connectivity index (χ4n) is 2.79. The van der Waals surface area contributed by atoms with Gasteiger partial charge in [0.25, 0.3) is 0 Å². The Bertz CT molecular complexity index is 603. The SMILES string of the molecule is CCCCCCCCNCc1ccccc1OCc1ccc(F)cc1.Cl. The average Bonchev–Trinajstić information content (AvgIpc) is 2.64. The minimum atomic E-state index is -0.219. The summed E-state index contributed by atoms with van der Waals surface area (Å²) in [6.45, 7) is 4.55. The van der Waals surface area contributed by atoms with E-state index in [9.17, 15) is 4.39 Å². The van der Waals surface area contributed by atoms with E-state index in [-0.39, 0.29) is 18.2 Å². The van der Waals surface area contributed by atoms with Gasteiger partial charge in [0.05, 0.1) is 0 Å². The normalized spacial score (nSPS) is 10.4. The monoisotopic (exact) mass is 379 g/mol. The molecule has 1 N–H and O–H groups in total. The Morgan fingerprint density at radius 2 is 1.58 bits per heavy atom. The summed E-state index contributed by atoms with van der Waals surface area (Å²) in [4.78, 5) is 0. The Kier molecular flexibility index (Phi) is 11.7. The summed E-state index contributed by atoms with van der Waals surface area (Å²) in [6, 6.07) is 14.5. The van der Waals surface area contributed by atoms with Gasteiger partial charge < -0.3 is 10.1 Å². The van der Waals surface area contributed by atoms with Crippen LogP contribution >= 0.6 is 12.4 Å². The van der Waals surface area contributed by atoms with E-state index in [1.807, 2.05) is 18.2 Å². The Labute approximate surface area is 163 Å². The zero-order valence-corrected chi connectivity index (χ0v) is 16.5. The first kappa shape index (κ1) is 22.5. The molecule has 0 saturated heterocycles. The maximum absolute atomic E-state index is 13.0. The zero-order valence-electron chi connectivity index (χ0n) is 15.7. The topological polar surface area (TPSA) is 21.3 Å². The van der Waals surface area contributed by atoms with Crippen LogP contribution in [0.15, 0.2) is 48.5 Å². The van der Waals surface area contributed by atoms with Crippen LogP contribution in [-0.4, -0.2) is 6.54 Å². The van der Waals surface area contributed by atoms with Crippen molar-refractivity contribution in [3.63, 3.8) is 0 Å². The quantitative estimate of drug-likeness (QED) is 0.438. The highest BCUT2D eigenvalue weighted by atomic mass is 35.5. The lowest BCUT2D eigenvalue weighted by Gasteiger charge is -2.12. The van der Waals surface area contributed by atoms with Crippen molar-refractivity contribution in [3.05, 3.63) is 65.5 Å². The first-order valence-corrected chi connectivity index (χ1v) is 9.45. The van der Waals surface area contributed by atoms with E-state index in [0.29, 0.717) is 6.61 Å². The molecule has 0 spiro atoms. The number of hydrogen-bond acceptors (Lipinski definition) is 2. The molecule has 0 bridgehead atoms. The van der Waals surface area contributed by atoms with Gasteiger partial charge in [0.1, 0.15) is 18.2 Å². The molecule has 2 nitrogen and oxygen atoms in total. The molecule has 2 aromatic carbocycles. The number of hydrogen-bond donors (Lipinski definition) is 1. The number of unbranched alkanes of at least 4 members (excludes halogenated alkanes) is 5. The fourth-order valence-corrected chi connectivity index (χ4v) is 2.79. The van der Waals surface area contributed by atoms with Gasteiger partial charge in [0.2, 0.25) is 0 Å². The Morgan fingerprint density at radius 3 is 2.35 bits per heavy atom. The van der Waals surface area contributed by atoms with Crippen molar-refractivity contribution < 1.29 is 9.13 Å². The van der Waals surface area contributed by atoms with Crippen LogP contribution in [0.5, 0.6) is 5.75 Å². The molecule has 2 rings (SSSR count). The number of halogens is 2. The molecule has 4 heteroatoms. The highest BCUT2D eigenvalue weighted by Gasteiger charge is 2.03. The molecule has 26 heavy (non-hydrogen) atoms. The molecule has 0 aliphatic rings. The van der Waals surface area contributed by atoms with Crippen LogP contribution in [0, 0.1) is 5.82 Å². The summed E-state index contributed by atoms with van der Waals surface area (Å²) in [5.74, 6) is 0.672. The lowest BCUT2D eigenvalue weighted by molar-refractivity contribution is 0.302. The van der Waals surface area contributed by atoms with E-state index >= 15 is 0 Å². The van der Waals surface area contributed by atoms with Crippen LogP contribution < -0.4 is 10.1 Å². The third-order valence-electron chi connectivity index (χ3n) is 4.30. The molecule has 0 radical (unpaired) electrons. The van der Waals surface area contributed by atoms with Gasteiger partial charge in [-0.2, -0.15) is 0 Å². The fraction of sp³-hybridized carbons (Fsp3) is 0.455. The van der Waals surface area contributed by atoms with Gasteiger partial charge >= 0.3 is 0 Å². The minimum Gasteiger partial charge on any atom is -0.489 e. The Balaban J connectivity index is 0.00000338. The second-order valence-electron chi connectivity index (χ2n) is 6.47. The Morgan fingerprint density at radius 1 is 0.885 bits per heavy atom. The summed E-state index contributed by atoms with van der Waals surface area (Å²) in [7, 11) is 0. The van der Waals surface area contributed by atoms with E-state index in [1.54, 1.807) is 12.1 Å². The number of benzene rings is 2. The van der Waals surface area contributed by atoms with Crippen molar-refractivity contribution in [2.75, 3.05) is 6.54 Å². The van der Waals surface area contributed by atoms with Crippen molar-refractivity contribution in [2.24, 2.45) is 0 Å². The third kappa shape index (κ3) is 8.68. The van der Waals surface area contributed by atoms with E-state index < -0.39 is 0 Å². The predicted molar refractivity (Wildman–Crippen MR) is 110 cm³/mol. The highest BCUT2D eigenvalue weighted by Crippen LogP contribution is 2.19. The molecule has 0 aromatic heterocycles. The van der Waals surface area contributed by atoms with Crippen molar-refractivity contribution >= 4 is 12.4 Å². The standard InChI is InChI=1S/C22H30FNO.ClH/c1-2-3-4-5-6-9-16-24-17-20-10-7-8-11-22(20)25-18-19-12-14-21(23)15-13-19;/h7-8,10-15,24H,2-6,9,16-18H2,1H3;1H. The third-order valence-corrected chi connectivity index (χ3v) is 4.30. The molecule has 0 amide bonds. The first-order chi connectivity index (χ1) is 12.3. The van der Waals surface area contributed by atoms with Gasteiger partial charge in [-0.25, -0.2) is 4.39 Å². The molecule has 0 aliphatic carbocycles. The van der Waals surface area contributed by atoms with Gasteiger partial charge in [0, 0.05) is 12.1 Å². The number of para-hydroxylation sites is 1. The van der Waals surface area contributed by atoms with Crippen molar-refractivity contribution in [1.29, 1.82) is 0 Å². The van der Waals surface area contributed by atoms with Crippen LogP contribution in [0.1, 0.15) is 56.6 Å². The molecule has 144 valence electrons. The zero-order chi connectivity index (χ0) is 17.7. The molecule has 0 saturated carbocycles. The highest BCUT2D eigenvalue weighted by molar-refractivity contribution is 5.85. The van der Waals surface area contributed by atoms with E-state index in [2.05, 4.69) is 18.3 Å². The molecule has 0 aliphatic heterocycles. The molecule has 0 unspecified atom stereocenters.